The van der Waals surface area contributed by atoms with Crippen molar-refractivity contribution in [3.8, 4) is 0 Å². The zero-order valence-electron chi connectivity index (χ0n) is 45.4. The van der Waals surface area contributed by atoms with Gasteiger partial charge in [0.2, 0.25) is 5.91 Å². The lowest BCUT2D eigenvalue weighted by molar-refractivity contribution is -0.151. The molecule has 0 aromatic rings. The molecule has 6 heteroatoms. The van der Waals surface area contributed by atoms with Gasteiger partial charge in [-0.2, -0.15) is 0 Å². The van der Waals surface area contributed by atoms with Gasteiger partial charge >= 0.3 is 5.97 Å². The fraction of sp³-hybridized carbons (Fsp3) is 0.746. The van der Waals surface area contributed by atoms with E-state index in [1.807, 2.05) is 0 Å². The van der Waals surface area contributed by atoms with E-state index in [4.69, 9.17) is 4.74 Å². The first-order chi connectivity index (χ1) is 34.0. The molecule has 3 atom stereocenters. The summed E-state index contributed by atoms with van der Waals surface area (Å²) in [4.78, 5) is 26.3. The largest absolute Gasteiger partial charge is 0.462 e. The number of carbonyl (C=O) groups excluding carboxylic acids is 2. The van der Waals surface area contributed by atoms with Gasteiger partial charge in [0.15, 0.2) is 0 Å². The van der Waals surface area contributed by atoms with Crippen LogP contribution in [0.3, 0.4) is 0 Å². The Labute approximate surface area is 427 Å². The van der Waals surface area contributed by atoms with Gasteiger partial charge in [0.05, 0.1) is 25.2 Å². The molecule has 6 nitrogen and oxygen atoms in total. The van der Waals surface area contributed by atoms with Crippen LogP contribution in [0, 0.1) is 0 Å². The van der Waals surface area contributed by atoms with Crippen molar-refractivity contribution in [2.24, 2.45) is 0 Å². The average molecular weight is 963 g/mol. The van der Waals surface area contributed by atoms with Crippen molar-refractivity contribution in [1.82, 2.24) is 5.32 Å². The van der Waals surface area contributed by atoms with Crippen molar-refractivity contribution in [3.05, 3.63) is 85.1 Å². The molecule has 0 aliphatic heterocycles. The number of aliphatic hydroxyl groups excluding tert-OH is 2. The monoisotopic (exact) mass is 962 g/mol. The van der Waals surface area contributed by atoms with E-state index >= 15 is 0 Å². The summed E-state index contributed by atoms with van der Waals surface area (Å²) < 4.78 is 5.95. The molecular weight excluding hydrogens is 851 g/mol. The zero-order valence-corrected chi connectivity index (χ0v) is 45.4. The van der Waals surface area contributed by atoms with E-state index in [1.54, 1.807) is 0 Å². The van der Waals surface area contributed by atoms with Crippen LogP contribution in [0.15, 0.2) is 85.1 Å². The number of nitrogens with one attached hydrogen (secondary N) is 1. The molecule has 0 saturated heterocycles. The number of ether oxygens (including phenoxy) is 1. The third kappa shape index (κ3) is 51.2. The fourth-order valence-electron chi connectivity index (χ4n) is 8.57. The van der Waals surface area contributed by atoms with Crippen LogP contribution < -0.4 is 5.32 Å². The van der Waals surface area contributed by atoms with Crippen LogP contribution in [0.1, 0.15) is 278 Å². The molecular formula is C63H111NO5. The molecule has 0 radical (unpaired) electrons. The fourth-order valence-corrected chi connectivity index (χ4v) is 8.57. The minimum Gasteiger partial charge on any atom is -0.462 e. The molecule has 0 bridgehead atoms. The topological polar surface area (TPSA) is 95.9 Å². The van der Waals surface area contributed by atoms with E-state index in [9.17, 15) is 19.8 Å². The SMILES string of the molecule is CCCCC/C=C\C/C=C\C/C=C\CCCCCCC(CC(=O)NC(CO)C(O)CCCCCCCCCCCCCCCCC)OC(=O)CCCCCCC/C=C/C=C/C=C/C=C/CCCCC. The standard InChI is InChI=1S/C63H111NO5/c1-4-7-10-13-16-19-22-25-28-30-32-35-38-41-44-47-50-53-56-63(68)69-59(54-51-48-45-42-39-36-34-31-29-26-23-20-17-14-11-8-5-2)57-62(67)64-60(58-65)61(66)55-52-49-46-43-40-37-33-27-24-21-18-15-12-9-6-3/h16-17,19-20,22,25-26,28-30,32,34-36,59-61,65-66H,4-15,18,21,23-24,27,31,33,37-58H2,1-3H3,(H,64,67)/b19-16+,20-17-,25-22+,29-26-,30-28+,35-32+,36-34-. The van der Waals surface area contributed by atoms with Crippen molar-refractivity contribution in [3.63, 3.8) is 0 Å². The molecule has 0 heterocycles. The van der Waals surface area contributed by atoms with Gasteiger partial charge < -0.3 is 20.3 Å². The lowest BCUT2D eigenvalue weighted by Gasteiger charge is -2.24. The van der Waals surface area contributed by atoms with Crippen LogP contribution in [0.5, 0.6) is 0 Å². The Morgan fingerprint density at radius 2 is 0.797 bits per heavy atom. The second-order valence-electron chi connectivity index (χ2n) is 19.8. The summed E-state index contributed by atoms with van der Waals surface area (Å²) in [6, 6.07) is -0.720. The van der Waals surface area contributed by atoms with E-state index in [0.29, 0.717) is 19.3 Å². The molecule has 0 aromatic heterocycles. The van der Waals surface area contributed by atoms with Gasteiger partial charge in [-0.1, -0.05) is 260 Å². The summed E-state index contributed by atoms with van der Waals surface area (Å²) in [5.41, 5.74) is 0. The van der Waals surface area contributed by atoms with Gasteiger partial charge in [0, 0.05) is 6.42 Å². The molecule has 0 aromatic carbocycles. The van der Waals surface area contributed by atoms with Gasteiger partial charge in [-0.15, -0.1) is 0 Å². The summed E-state index contributed by atoms with van der Waals surface area (Å²) in [6.45, 7) is 6.43. The van der Waals surface area contributed by atoms with Crippen molar-refractivity contribution in [2.45, 2.75) is 296 Å². The van der Waals surface area contributed by atoms with Gasteiger partial charge in [-0.05, 0) is 89.9 Å². The first kappa shape index (κ1) is 66.0. The Morgan fingerprint density at radius 1 is 0.435 bits per heavy atom. The second-order valence-corrected chi connectivity index (χ2v) is 19.8. The molecule has 0 aliphatic rings. The van der Waals surface area contributed by atoms with Gasteiger partial charge in [0.25, 0.3) is 0 Å². The number of amides is 1. The molecule has 3 N–H and O–H groups in total. The molecule has 0 saturated carbocycles. The van der Waals surface area contributed by atoms with E-state index in [-0.39, 0.29) is 24.9 Å². The van der Waals surface area contributed by atoms with E-state index < -0.39 is 18.2 Å². The highest BCUT2D eigenvalue weighted by atomic mass is 16.5. The molecule has 0 fully saturated rings. The molecule has 0 rings (SSSR count). The summed E-state index contributed by atoms with van der Waals surface area (Å²) in [6.07, 6.45) is 73.5. The number of esters is 1. The van der Waals surface area contributed by atoms with Crippen LogP contribution in [-0.4, -0.2) is 46.9 Å². The number of hydrogen-bond acceptors (Lipinski definition) is 5. The Hall–Kier alpha value is -2.96. The highest BCUT2D eigenvalue weighted by Gasteiger charge is 2.24. The highest BCUT2D eigenvalue weighted by molar-refractivity contribution is 5.77. The third-order valence-electron chi connectivity index (χ3n) is 13.0. The van der Waals surface area contributed by atoms with Gasteiger partial charge in [-0.25, -0.2) is 0 Å². The molecule has 0 spiro atoms. The Kier molecular flexibility index (Phi) is 53.6. The van der Waals surface area contributed by atoms with Crippen LogP contribution in [0.4, 0.5) is 0 Å². The number of unbranched alkanes of at least 4 members (excludes halogenated alkanes) is 29. The summed E-state index contributed by atoms with van der Waals surface area (Å²) in [5, 5.41) is 23.9. The summed E-state index contributed by atoms with van der Waals surface area (Å²) >= 11 is 0. The van der Waals surface area contributed by atoms with Crippen molar-refractivity contribution in [2.75, 3.05) is 6.61 Å². The maximum absolute atomic E-state index is 13.3. The predicted octanol–water partition coefficient (Wildman–Crippen LogP) is 18.3. The number of carbonyl (C=O) groups is 2. The first-order valence-corrected chi connectivity index (χ1v) is 29.4. The maximum atomic E-state index is 13.3. The normalized spacial score (nSPS) is 13.8. The summed E-state index contributed by atoms with van der Waals surface area (Å²) in [7, 11) is 0. The maximum Gasteiger partial charge on any atom is 0.306 e. The van der Waals surface area contributed by atoms with E-state index in [2.05, 4.69) is 111 Å². The minimum absolute atomic E-state index is 0.0496. The lowest BCUT2D eigenvalue weighted by Crippen LogP contribution is -2.46. The Balaban J connectivity index is 4.67. The van der Waals surface area contributed by atoms with Gasteiger partial charge in [0.1, 0.15) is 6.10 Å². The van der Waals surface area contributed by atoms with Crippen LogP contribution in [-0.2, 0) is 14.3 Å². The molecule has 3 unspecified atom stereocenters. The number of aliphatic hydroxyl groups is 2. The van der Waals surface area contributed by atoms with Crippen molar-refractivity contribution >= 4 is 11.9 Å². The smallest absolute Gasteiger partial charge is 0.306 e. The van der Waals surface area contributed by atoms with Crippen LogP contribution in [0.25, 0.3) is 0 Å². The number of rotatable bonds is 52. The molecule has 69 heavy (non-hydrogen) atoms. The predicted molar refractivity (Wildman–Crippen MR) is 301 cm³/mol. The summed E-state index contributed by atoms with van der Waals surface area (Å²) in [5.74, 6) is -0.520. The lowest BCUT2D eigenvalue weighted by atomic mass is 10.0. The van der Waals surface area contributed by atoms with Crippen molar-refractivity contribution in [1.29, 1.82) is 0 Å². The molecule has 0 aliphatic carbocycles. The highest BCUT2D eigenvalue weighted by Crippen LogP contribution is 2.18. The first-order valence-electron chi connectivity index (χ1n) is 29.4. The Bertz CT molecular complexity index is 1310. The minimum atomic E-state index is -0.804. The van der Waals surface area contributed by atoms with E-state index in [0.717, 1.165) is 109 Å². The van der Waals surface area contributed by atoms with Gasteiger partial charge in [-0.3, -0.25) is 9.59 Å². The molecule has 398 valence electrons. The average Bonchev–Trinajstić information content (AvgIpc) is 3.34. The number of hydrogen-bond donors (Lipinski definition) is 3. The second kappa shape index (κ2) is 56.0. The quantitative estimate of drug-likeness (QED) is 0.0244. The zero-order chi connectivity index (χ0) is 50.2. The number of allylic oxidation sites excluding steroid dienone is 14. The Morgan fingerprint density at radius 3 is 1.28 bits per heavy atom. The third-order valence-corrected chi connectivity index (χ3v) is 13.0. The van der Waals surface area contributed by atoms with Crippen LogP contribution in [0.2, 0.25) is 0 Å². The van der Waals surface area contributed by atoms with Crippen LogP contribution >= 0.6 is 0 Å². The van der Waals surface area contributed by atoms with E-state index in [1.165, 1.54) is 122 Å². The van der Waals surface area contributed by atoms with Crippen molar-refractivity contribution < 1.29 is 24.5 Å². The molecule has 1 amide bonds.